The van der Waals surface area contributed by atoms with Gasteiger partial charge in [0.15, 0.2) is 0 Å². The quantitative estimate of drug-likeness (QED) is 0.304. The van der Waals surface area contributed by atoms with Gasteiger partial charge in [0, 0.05) is 0 Å². The highest BCUT2D eigenvalue weighted by Gasteiger charge is 2.07. The Labute approximate surface area is 92.3 Å². The first-order chi connectivity index (χ1) is 7.12. The molecular formula is C4H12O10S2. The summed E-state index contributed by atoms with van der Waals surface area (Å²) in [5.74, 6) is 0. The van der Waals surface area contributed by atoms with Crippen LogP contribution >= 0.6 is 0 Å². The van der Waals surface area contributed by atoms with Gasteiger partial charge in [0.1, 0.15) is 0 Å². The number of rotatable bonds is 6. The highest BCUT2D eigenvalue weighted by molar-refractivity contribution is 7.81. The van der Waals surface area contributed by atoms with Crippen molar-refractivity contribution in [1.29, 1.82) is 0 Å². The normalized spacial score (nSPS) is 11.8. The van der Waals surface area contributed by atoms with Gasteiger partial charge in [-0.3, -0.25) is 9.11 Å². The van der Waals surface area contributed by atoms with Crippen molar-refractivity contribution < 1.29 is 44.5 Å². The average Bonchev–Trinajstić information content (AvgIpc) is 2.10. The maximum Gasteiger partial charge on any atom is 0.397 e. The summed E-state index contributed by atoms with van der Waals surface area (Å²) in [7, 11) is -9.20. The lowest BCUT2D eigenvalue weighted by Crippen LogP contribution is -2.13. The van der Waals surface area contributed by atoms with E-state index in [2.05, 4.69) is 8.37 Å². The molecule has 10 nitrogen and oxygen atoms in total. The minimum atomic E-state index is -4.60. The van der Waals surface area contributed by atoms with E-state index < -0.39 is 34.0 Å². The zero-order valence-electron chi connectivity index (χ0n) is 7.88. The molecule has 16 heavy (non-hydrogen) atoms. The van der Waals surface area contributed by atoms with E-state index in [-0.39, 0.29) is 13.2 Å². The van der Waals surface area contributed by atoms with E-state index in [1.54, 1.807) is 0 Å². The first-order valence-electron chi connectivity index (χ1n) is 3.57. The van der Waals surface area contributed by atoms with Crippen molar-refractivity contribution >= 4 is 20.8 Å². The lowest BCUT2D eigenvalue weighted by atomic mass is 10.8. The summed E-state index contributed by atoms with van der Waals surface area (Å²) in [5.41, 5.74) is 0. The molecule has 0 aliphatic heterocycles. The van der Waals surface area contributed by atoms with Crippen LogP contribution in [-0.2, 0) is 29.2 Å². The largest absolute Gasteiger partial charge is 0.397 e. The fourth-order valence-corrected chi connectivity index (χ4v) is 0.836. The van der Waals surface area contributed by atoms with Crippen LogP contribution in [0, 0.1) is 0 Å². The monoisotopic (exact) mass is 284 g/mol. The molecule has 4 N–H and O–H groups in total. The Bertz CT molecular complexity index is 305. The summed E-state index contributed by atoms with van der Waals surface area (Å²) in [6.45, 7) is -1.67. The summed E-state index contributed by atoms with van der Waals surface area (Å²) in [5, 5.41) is 15.2. The van der Waals surface area contributed by atoms with Gasteiger partial charge in [0.25, 0.3) is 0 Å². The van der Waals surface area contributed by atoms with Crippen LogP contribution < -0.4 is 0 Å². The third kappa shape index (κ3) is 23.5. The van der Waals surface area contributed by atoms with E-state index in [0.29, 0.717) is 0 Å². The van der Waals surface area contributed by atoms with Gasteiger partial charge >= 0.3 is 20.8 Å². The molecule has 0 heterocycles. The summed E-state index contributed by atoms with van der Waals surface area (Å²) >= 11 is 0. The summed E-state index contributed by atoms with van der Waals surface area (Å²) in [4.78, 5) is 0. The van der Waals surface area contributed by atoms with Crippen molar-refractivity contribution in [3.05, 3.63) is 0 Å². The fourth-order valence-electron chi connectivity index (χ4n) is 0.279. The number of hydrogen-bond donors (Lipinski definition) is 4. The molecule has 0 saturated heterocycles. The zero-order valence-corrected chi connectivity index (χ0v) is 9.52. The predicted octanol–water partition coefficient (Wildman–Crippen LogP) is -2.40. The Hall–Kier alpha value is -0.340. The summed E-state index contributed by atoms with van der Waals surface area (Å²) in [6, 6.07) is 0. The van der Waals surface area contributed by atoms with Crippen LogP contribution in [0.25, 0.3) is 0 Å². The molecule has 0 saturated carbocycles. The molecule has 0 amide bonds. The van der Waals surface area contributed by atoms with E-state index in [1.807, 2.05) is 0 Å². The van der Waals surface area contributed by atoms with Gasteiger partial charge < -0.3 is 10.2 Å². The lowest BCUT2D eigenvalue weighted by molar-refractivity contribution is 0.186. The molecule has 0 aromatic carbocycles. The third-order valence-corrected chi connectivity index (χ3v) is 1.58. The average molecular weight is 284 g/mol. The molecule has 100 valence electrons. The number of aliphatic hydroxyl groups is 2. The van der Waals surface area contributed by atoms with Crippen LogP contribution in [0.2, 0.25) is 0 Å². The van der Waals surface area contributed by atoms with Gasteiger partial charge in [-0.2, -0.15) is 16.8 Å². The molecule has 12 heteroatoms. The van der Waals surface area contributed by atoms with Crippen molar-refractivity contribution in [1.82, 2.24) is 0 Å². The van der Waals surface area contributed by atoms with Crippen molar-refractivity contribution in [3.63, 3.8) is 0 Å². The Morgan fingerprint density at radius 3 is 1.12 bits per heavy atom. The molecule has 0 aromatic heterocycles. The van der Waals surface area contributed by atoms with Crippen LogP contribution in [0.3, 0.4) is 0 Å². The second-order valence-electron chi connectivity index (χ2n) is 1.95. The molecule has 0 bridgehead atoms. The molecular weight excluding hydrogens is 272 g/mol. The maximum atomic E-state index is 9.82. The fraction of sp³-hybridized carbons (Fsp3) is 1.00. The minimum Gasteiger partial charge on any atom is -0.394 e. The topological polar surface area (TPSA) is 168 Å². The zero-order chi connectivity index (χ0) is 13.2. The molecule has 0 spiro atoms. The molecule has 0 fully saturated rings. The van der Waals surface area contributed by atoms with E-state index in [9.17, 15) is 16.8 Å². The Balaban J connectivity index is 0. The van der Waals surface area contributed by atoms with Crippen LogP contribution in [0.1, 0.15) is 0 Å². The molecule has 0 aromatic rings. The Morgan fingerprint density at radius 1 is 0.750 bits per heavy atom. The summed E-state index contributed by atoms with van der Waals surface area (Å²) < 4.78 is 62.4. The van der Waals surface area contributed by atoms with Crippen LogP contribution in [0.4, 0.5) is 0 Å². The second-order valence-corrected chi connectivity index (χ2v) is 4.13. The van der Waals surface area contributed by atoms with E-state index in [0.717, 1.165) is 0 Å². The first-order valence-corrected chi connectivity index (χ1v) is 6.31. The van der Waals surface area contributed by atoms with E-state index >= 15 is 0 Å². The van der Waals surface area contributed by atoms with Gasteiger partial charge in [-0.25, -0.2) is 8.37 Å². The van der Waals surface area contributed by atoms with Gasteiger partial charge in [0.05, 0.1) is 26.4 Å². The number of aliphatic hydroxyl groups excluding tert-OH is 2. The van der Waals surface area contributed by atoms with Gasteiger partial charge in [0.2, 0.25) is 0 Å². The van der Waals surface area contributed by atoms with Crippen LogP contribution in [0.15, 0.2) is 0 Å². The van der Waals surface area contributed by atoms with Crippen molar-refractivity contribution in [2.24, 2.45) is 0 Å². The maximum absolute atomic E-state index is 9.82. The summed E-state index contributed by atoms with van der Waals surface area (Å²) in [6.07, 6.45) is 0. The van der Waals surface area contributed by atoms with Gasteiger partial charge in [-0.1, -0.05) is 0 Å². The Morgan fingerprint density at radius 2 is 1.00 bits per heavy atom. The standard InChI is InChI=1S/C2H6O8S2.C2H6O2/c3-11(4,5)9-1-2-10-12(6,7)8;3-1-2-4/h1-2H2,(H,3,4,5)(H,6,7,8);3-4H,1-2H2. The third-order valence-electron chi connectivity index (χ3n) is 0.648. The highest BCUT2D eigenvalue weighted by atomic mass is 32.3. The molecule has 0 aliphatic carbocycles. The van der Waals surface area contributed by atoms with Crippen molar-refractivity contribution in [2.45, 2.75) is 0 Å². The molecule has 0 rings (SSSR count). The SMILES string of the molecule is O=S(=O)(O)OCCOS(=O)(=O)O.OCCO. The van der Waals surface area contributed by atoms with Crippen molar-refractivity contribution in [2.75, 3.05) is 26.4 Å². The molecule has 0 unspecified atom stereocenters. The number of hydrogen-bond acceptors (Lipinski definition) is 8. The molecule has 0 aliphatic rings. The smallest absolute Gasteiger partial charge is 0.394 e. The van der Waals surface area contributed by atoms with Gasteiger partial charge in [-0.05, 0) is 0 Å². The Kier molecular flexibility index (Phi) is 9.89. The second kappa shape index (κ2) is 8.77. The molecule has 0 radical (unpaired) electrons. The van der Waals surface area contributed by atoms with E-state index in [4.69, 9.17) is 19.3 Å². The van der Waals surface area contributed by atoms with Crippen LogP contribution in [-0.4, -0.2) is 62.6 Å². The van der Waals surface area contributed by atoms with E-state index in [1.165, 1.54) is 0 Å². The highest BCUT2D eigenvalue weighted by Crippen LogP contribution is 1.89. The van der Waals surface area contributed by atoms with Gasteiger partial charge in [-0.15, -0.1) is 0 Å². The predicted molar refractivity (Wildman–Crippen MR) is 49.2 cm³/mol. The minimum absolute atomic E-state index is 0.125. The lowest BCUT2D eigenvalue weighted by Gasteiger charge is -1.98. The van der Waals surface area contributed by atoms with Crippen molar-refractivity contribution in [3.8, 4) is 0 Å². The van der Waals surface area contributed by atoms with Crippen LogP contribution in [0.5, 0.6) is 0 Å². The molecule has 0 atom stereocenters. The first kappa shape index (κ1) is 18.0.